The average Bonchev–Trinajstić information content (AvgIpc) is 2.98. The quantitative estimate of drug-likeness (QED) is 0.688. The number of imidazole rings is 1. The maximum Gasteiger partial charge on any atom is 0.195 e. The number of benzene rings is 1. The van der Waals surface area contributed by atoms with Crippen molar-refractivity contribution in [2.24, 2.45) is 4.99 Å². The van der Waals surface area contributed by atoms with Crippen LogP contribution in [0, 0.1) is 0 Å². The highest BCUT2D eigenvalue weighted by Crippen LogP contribution is 2.21. The van der Waals surface area contributed by atoms with E-state index in [4.69, 9.17) is 16.3 Å². The van der Waals surface area contributed by atoms with E-state index < -0.39 is 0 Å². The van der Waals surface area contributed by atoms with Crippen molar-refractivity contribution in [3.63, 3.8) is 0 Å². The minimum Gasteiger partial charge on any atom is -0.497 e. The average molecular weight is 292 g/mol. The molecule has 19 heavy (non-hydrogen) atoms. The zero-order valence-corrected chi connectivity index (χ0v) is 11.6. The summed E-state index contributed by atoms with van der Waals surface area (Å²) in [5.41, 5.74) is 1.62. The van der Waals surface area contributed by atoms with Crippen LogP contribution in [0.3, 0.4) is 0 Å². The smallest absolute Gasteiger partial charge is 0.195 e. The molecule has 0 spiro atoms. The van der Waals surface area contributed by atoms with Crippen LogP contribution in [0.15, 0.2) is 40.8 Å². The maximum atomic E-state index is 6.09. The largest absolute Gasteiger partial charge is 0.497 e. The van der Waals surface area contributed by atoms with Crippen molar-refractivity contribution in [1.29, 1.82) is 0 Å². The van der Waals surface area contributed by atoms with Gasteiger partial charge in [0.25, 0.3) is 0 Å². The lowest BCUT2D eigenvalue weighted by molar-refractivity contribution is 0.415. The van der Waals surface area contributed by atoms with Crippen LogP contribution in [-0.4, -0.2) is 22.7 Å². The van der Waals surface area contributed by atoms with Gasteiger partial charge in [0.2, 0.25) is 0 Å². The van der Waals surface area contributed by atoms with E-state index in [0.29, 0.717) is 5.15 Å². The molecule has 0 unspecified atom stereocenters. The Hall–Kier alpha value is -1.85. The number of fused-ring (bicyclic) bond motifs is 1. The van der Waals surface area contributed by atoms with Crippen LogP contribution in [0.5, 0.6) is 5.75 Å². The van der Waals surface area contributed by atoms with E-state index in [-0.39, 0.29) is 0 Å². The number of methoxy groups -OCH3 is 1. The number of nitrogens with zero attached hydrogens (tertiary/aromatic N) is 3. The number of halogens is 1. The Morgan fingerprint density at radius 3 is 2.89 bits per heavy atom. The summed E-state index contributed by atoms with van der Waals surface area (Å²) in [5, 5.41) is 2.42. The van der Waals surface area contributed by atoms with Crippen LogP contribution in [-0.2, 0) is 0 Å². The fraction of sp³-hybridized carbons (Fsp3) is 0.0769. The topological polar surface area (TPSA) is 38.9 Å². The molecule has 0 aliphatic rings. The summed E-state index contributed by atoms with van der Waals surface area (Å²) in [4.78, 5) is 9.50. The van der Waals surface area contributed by atoms with Crippen LogP contribution in [0.25, 0.3) is 4.96 Å². The van der Waals surface area contributed by atoms with Gasteiger partial charge in [0, 0.05) is 11.6 Å². The summed E-state index contributed by atoms with van der Waals surface area (Å²) in [5.74, 6) is 0.807. The standard InChI is InChI=1S/C13H10ClN3OS/c1-18-10-4-2-9(3-5-10)15-8-11-12(14)16-13-17(11)6-7-19-13/h2-8H,1H3. The third-order valence-electron chi connectivity index (χ3n) is 2.66. The Bertz CT molecular complexity index is 730. The highest BCUT2D eigenvalue weighted by molar-refractivity contribution is 7.15. The molecule has 1 aromatic carbocycles. The summed E-state index contributed by atoms with van der Waals surface area (Å²) < 4.78 is 7.02. The van der Waals surface area contributed by atoms with Gasteiger partial charge >= 0.3 is 0 Å². The number of ether oxygens (including phenoxy) is 1. The van der Waals surface area contributed by atoms with Gasteiger partial charge in [-0.05, 0) is 24.3 Å². The summed E-state index contributed by atoms with van der Waals surface area (Å²) in [6.45, 7) is 0. The van der Waals surface area contributed by atoms with E-state index in [0.717, 1.165) is 22.1 Å². The molecule has 0 saturated heterocycles. The van der Waals surface area contributed by atoms with E-state index in [9.17, 15) is 0 Å². The third kappa shape index (κ3) is 2.34. The van der Waals surface area contributed by atoms with Gasteiger partial charge in [-0.3, -0.25) is 9.39 Å². The molecule has 6 heteroatoms. The highest BCUT2D eigenvalue weighted by Gasteiger charge is 2.08. The molecule has 0 amide bonds. The van der Waals surface area contributed by atoms with Crippen molar-refractivity contribution in [1.82, 2.24) is 9.38 Å². The van der Waals surface area contributed by atoms with Crippen LogP contribution < -0.4 is 4.74 Å². The lowest BCUT2D eigenvalue weighted by Crippen LogP contribution is -1.87. The predicted molar refractivity (Wildman–Crippen MR) is 78.3 cm³/mol. The number of hydrogen-bond acceptors (Lipinski definition) is 4. The number of aliphatic imine (C=N–C) groups is 1. The van der Waals surface area contributed by atoms with Crippen molar-refractivity contribution in [3.05, 3.63) is 46.7 Å². The fourth-order valence-corrected chi connectivity index (χ4v) is 2.69. The summed E-state index contributed by atoms with van der Waals surface area (Å²) in [6, 6.07) is 7.50. The van der Waals surface area contributed by atoms with E-state index >= 15 is 0 Å². The van der Waals surface area contributed by atoms with Gasteiger partial charge in [-0.1, -0.05) is 11.6 Å². The van der Waals surface area contributed by atoms with Crippen LogP contribution in [0.2, 0.25) is 5.15 Å². The molecule has 2 heterocycles. The number of thiazole rings is 1. The first-order valence-corrected chi connectivity index (χ1v) is 6.83. The van der Waals surface area contributed by atoms with Gasteiger partial charge in [0.05, 0.1) is 19.0 Å². The Morgan fingerprint density at radius 1 is 1.37 bits per heavy atom. The number of hydrogen-bond donors (Lipinski definition) is 0. The Balaban J connectivity index is 1.92. The van der Waals surface area contributed by atoms with Crippen molar-refractivity contribution < 1.29 is 4.74 Å². The summed E-state index contributed by atoms with van der Waals surface area (Å²) >= 11 is 7.62. The third-order valence-corrected chi connectivity index (χ3v) is 3.70. The van der Waals surface area contributed by atoms with Gasteiger partial charge in [-0.2, -0.15) is 0 Å². The molecule has 0 saturated carbocycles. The van der Waals surface area contributed by atoms with Crippen LogP contribution >= 0.6 is 22.9 Å². The lowest BCUT2D eigenvalue weighted by Gasteiger charge is -1.98. The first-order valence-electron chi connectivity index (χ1n) is 5.57. The van der Waals surface area contributed by atoms with Crippen molar-refractivity contribution in [2.75, 3.05) is 7.11 Å². The monoisotopic (exact) mass is 291 g/mol. The highest BCUT2D eigenvalue weighted by atomic mass is 35.5. The van der Waals surface area contributed by atoms with Crippen LogP contribution in [0.4, 0.5) is 5.69 Å². The Morgan fingerprint density at radius 2 is 2.16 bits per heavy atom. The normalized spacial score (nSPS) is 11.5. The molecule has 3 rings (SSSR count). The molecule has 0 bridgehead atoms. The van der Waals surface area contributed by atoms with Gasteiger partial charge in [0.15, 0.2) is 10.1 Å². The minimum atomic E-state index is 0.462. The van der Waals surface area contributed by atoms with Gasteiger partial charge in [-0.25, -0.2) is 4.98 Å². The molecule has 0 aliphatic heterocycles. The summed E-state index contributed by atoms with van der Waals surface area (Å²) in [6.07, 6.45) is 3.64. The number of rotatable bonds is 3. The summed E-state index contributed by atoms with van der Waals surface area (Å²) in [7, 11) is 1.64. The molecule has 4 nitrogen and oxygen atoms in total. The zero-order chi connectivity index (χ0) is 13.2. The first kappa shape index (κ1) is 12.2. The molecule has 96 valence electrons. The van der Waals surface area contributed by atoms with Gasteiger partial charge in [-0.15, -0.1) is 11.3 Å². The molecular weight excluding hydrogens is 282 g/mol. The molecule has 0 atom stereocenters. The lowest BCUT2D eigenvalue weighted by atomic mass is 10.3. The van der Waals surface area contributed by atoms with Crippen molar-refractivity contribution in [2.45, 2.75) is 0 Å². The molecule has 2 aromatic heterocycles. The number of aromatic nitrogens is 2. The minimum absolute atomic E-state index is 0.462. The molecule has 0 radical (unpaired) electrons. The molecule has 3 aromatic rings. The van der Waals surface area contributed by atoms with E-state index in [1.807, 2.05) is 40.2 Å². The fourth-order valence-electron chi connectivity index (χ4n) is 1.70. The molecule has 0 aliphatic carbocycles. The SMILES string of the molecule is COc1ccc(N=Cc2c(Cl)nc3sccn23)cc1. The Labute approximate surface area is 119 Å². The molecule has 0 N–H and O–H groups in total. The second-order valence-electron chi connectivity index (χ2n) is 3.80. The Kier molecular flexibility index (Phi) is 3.23. The van der Waals surface area contributed by atoms with Gasteiger partial charge < -0.3 is 4.74 Å². The predicted octanol–water partition coefficient (Wildman–Crippen LogP) is 3.81. The van der Waals surface area contributed by atoms with Gasteiger partial charge in [0.1, 0.15) is 11.4 Å². The molecule has 0 fully saturated rings. The van der Waals surface area contributed by atoms with Crippen LogP contribution in [0.1, 0.15) is 5.69 Å². The second-order valence-corrected chi connectivity index (χ2v) is 5.03. The van der Waals surface area contributed by atoms with Crippen molar-refractivity contribution >= 4 is 39.8 Å². The second kappa shape index (κ2) is 5.03. The van der Waals surface area contributed by atoms with E-state index in [1.54, 1.807) is 13.3 Å². The zero-order valence-electron chi connectivity index (χ0n) is 10.1. The van der Waals surface area contributed by atoms with Crippen molar-refractivity contribution in [3.8, 4) is 5.75 Å². The van der Waals surface area contributed by atoms with E-state index in [2.05, 4.69) is 9.98 Å². The molecular formula is C13H10ClN3OS. The van der Waals surface area contributed by atoms with E-state index in [1.165, 1.54) is 11.3 Å². The maximum absolute atomic E-state index is 6.09. The first-order chi connectivity index (χ1) is 9.28.